The molecule has 74 valence electrons. The fraction of sp³-hybridized carbons (Fsp3) is 1.00. The van der Waals surface area contributed by atoms with Crippen molar-refractivity contribution >= 4 is 0 Å². The number of nitrogens with two attached hydrogens (primary N) is 1. The van der Waals surface area contributed by atoms with Crippen molar-refractivity contribution in [2.45, 2.75) is 24.4 Å². The summed E-state index contributed by atoms with van der Waals surface area (Å²) >= 11 is 0. The number of aliphatic hydroxyl groups is 5. The van der Waals surface area contributed by atoms with Crippen LogP contribution >= 0.6 is 0 Å². The van der Waals surface area contributed by atoms with Crippen molar-refractivity contribution in [2.24, 2.45) is 5.73 Å². The average molecular weight is 181 g/mol. The Bertz CT molecular complexity index is 109. The van der Waals surface area contributed by atoms with Crippen molar-refractivity contribution < 1.29 is 25.5 Å². The van der Waals surface area contributed by atoms with E-state index in [2.05, 4.69) is 0 Å². The first-order valence-corrected chi connectivity index (χ1v) is 3.57. The van der Waals surface area contributed by atoms with Crippen LogP contribution in [0.3, 0.4) is 0 Å². The Morgan fingerprint density at radius 3 is 1.67 bits per heavy atom. The maximum absolute atomic E-state index is 9.04. The molecule has 0 amide bonds. The molecule has 0 rings (SSSR count). The van der Waals surface area contributed by atoms with Crippen molar-refractivity contribution in [3.05, 3.63) is 0 Å². The smallest absolute Gasteiger partial charge is 0.111 e. The van der Waals surface area contributed by atoms with Gasteiger partial charge in [0.25, 0.3) is 0 Å². The maximum Gasteiger partial charge on any atom is 0.111 e. The highest BCUT2D eigenvalue weighted by atomic mass is 16.4. The molecule has 0 aromatic carbocycles. The number of hydrogen-bond acceptors (Lipinski definition) is 6. The van der Waals surface area contributed by atoms with Gasteiger partial charge in [0, 0.05) is 6.54 Å². The van der Waals surface area contributed by atoms with Crippen LogP contribution in [0.2, 0.25) is 0 Å². The molecule has 0 saturated carbocycles. The molecule has 0 bridgehead atoms. The van der Waals surface area contributed by atoms with Crippen molar-refractivity contribution in [3.8, 4) is 0 Å². The molecule has 0 saturated heterocycles. The summed E-state index contributed by atoms with van der Waals surface area (Å²) in [6.07, 6.45) is -5.91. The summed E-state index contributed by atoms with van der Waals surface area (Å²) in [6, 6.07) is 0. The highest BCUT2D eigenvalue weighted by Gasteiger charge is 2.28. The highest BCUT2D eigenvalue weighted by molar-refractivity contribution is 4.80. The molecule has 0 aliphatic rings. The summed E-state index contributed by atoms with van der Waals surface area (Å²) in [6.45, 7) is -0.911. The zero-order valence-electron chi connectivity index (χ0n) is 6.54. The second kappa shape index (κ2) is 5.41. The normalized spacial score (nSPS) is 21.5. The Kier molecular flexibility index (Phi) is 5.31. The van der Waals surface area contributed by atoms with Gasteiger partial charge < -0.3 is 31.3 Å². The van der Waals surface area contributed by atoms with Crippen molar-refractivity contribution in [3.63, 3.8) is 0 Å². The SMILES string of the molecule is NC[C@@H](O)[C@@H](O)[C@@H](O)[C@H](O)CO. The van der Waals surface area contributed by atoms with Crippen LogP contribution in [0.5, 0.6) is 0 Å². The minimum Gasteiger partial charge on any atom is -0.394 e. The summed E-state index contributed by atoms with van der Waals surface area (Å²) in [5.41, 5.74) is 4.99. The molecule has 0 radical (unpaired) electrons. The molecule has 0 heterocycles. The molecular weight excluding hydrogens is 166 g/mol. The van der Waals surface area contributed by atoms with Gasteiger partial charge in [-0.1, -0.05) is 0 Å². The first-order valence-electron chi connectivity index (χ1n) is 3.57. The first kappa shape index (κ1) is 11.8. The molecule has 0 spiro atoms. The van der Waals surface area contributed by atoms with Crippen LogP contribution in [0.1, 0.15) is 0 Å². The van der Waals surface area contributed by atoms with E-state index in [1.807, 2.05) is 0 Å². The van der Waals surface area contributed by atoms with Crippen LogP contribution in [-0.4, -0.2) is 63.1 Å². The molecule has 0 aliphatic carbocycles. The van der Waals surface area contributed by atoms with E-state index in [1.54, 1.807) is 0 Å². The Morgan fingerprint density at radius 1 is 0.917 bits per heavy atom. The van der Waals surface area contributed by atoms with Crippen molar-refractivity contribution in [1.29, 1.82) is 0 Å². The molecule has 6 nitrogen and oxygen atoms in total. The Morgan fingerprint density at radius 2 is 1.33 bits per heavy atom. The average Bonchev–Trinajstić information content (AvgIpc) is 2.12. The fourth-order valence-corrected chi connectivity index (χ4v) is 0.703. The second-order valence-corrected chi connectivity index (χ2v) is 2.53. The maximum atomic E-state index is 9.04. The van der Waals surface area contributed by atoms with Crippen LogP contribution in [0.15, 0.2) is 0 Å². The second-order valence-electron chi connectivity index (χ2n) is 2.53. The van der Waals surface area contributed by atoms with Gasteiger partial charge in [-0.25, -0.2) is 0 Å². The van der Waals surface area contributed by atoms with Crippen LogP contribution in [0, 0.1) is 0 Å². The lowest BCUT2D eigenvalue weighted by molar-refractivity contribution is -0.112. The predicted molar refractivity (Wildman–Crippen MR) is 40.2 cm³/mol. The van der Waals surface area contributed by atoms with Crippen molar-refractivity contribution in [2.75, 3.05) is 13.2 Å². The van der Waals surface area contributed by atoms with E-state index in [0.29, 0.717) is 0 Å². The Labute approximate surface area is 69.9 Å². The largest absolute Gasteiger partial charge is 0.394 e. The predicted octanol–water partition coefficient (Wildman–Crippen LogP) is -3.62. The zero-order chi connectivity index (χ0) is 9.72. The third-order valence-corrected chi connectivity index (χ3v) is 1.57. The summed E-state index contributed by atoms with van der Waals surface area (Å²) in [5, 5.41) is 44.2. The van der Waals surface area contributed by atoms with Crippen LogP contribution in [0.4, 0.5) is 0 Å². The summed E-state index contributed by atoms with van der Waals surface area (Å²) in [4.78, 5) is 0. The molecule has 6 heteroatoms. The third kappa shape index (κ3) is 3.02. The molecule has 0 aliphatic heterocycles. The molecule has 0 aromatic rings. The quantitative estimate of drug-likeness (QED) is 0.260. The van der Waals surface area contributed by atoms with Gasteiger partial charge in [-0.05, 0) is 0 Å². The number of rotatable bonds is 5. The first-order chi connectivity index (χ1) is 5.54. The number of aliphatic hydroxyl groups excluding tert-OH is 5. The molecule has 7 N–H and O–H groups in total. The fourth-order valence-electron chi connectivity index (χ4n) is 0.703. The van der Waals surface area contributed by atoms with E-state index in [4.69, 9.17) is 31.3 Å². The van der Waals surface area contributed by atoms with Gasteiger partial charge in [0.2, 0.25) is 0 Å². The third-order valence-electron chi connectivity index (χ3n) is 1.57. The molecular formula is C6H15NO5. The van der Waals surface area contributed by atoms with E-state index < -0.39 is 31.0 Å². The summed E-state index contributed by atoms with van der Waals surface area (Å²) < 4.78 is 0. The van der Waals surface area contributed by atoms with E-state index >= 15 is 0 Å². The topological polar surface area (TPSA) is 127 Å². The van der Waals surface area contributed by atoms with Gasteiger partial charge in [-0.3, -0.25) is 0 Å². The van der Waals surface area contributed by atoms with Gasteiger partial charge in [0.1, 0.15) is 18.3 Å². The summed E-state index contributed by atoms with van der Waals surface area (Å²) in [7, 11) is 0. The van der Waals surface area contributed by atoms with Gasteiger partial charge >= 0.3 is 0 Å². The van der Waals surface area contributed by atoms with Crippen LogP contribution in [-0.2, 0) is 0 Å². The van der Waals surface area contributed by atoms with Gasteiger partial charge in [0.05, 0.1) is 12.7 Å². The molecule has 4 atom stereocenters. The van der Waals surface area contributed by atoms with E-state index in [1.165, 1.54) is 0 Å². The lowest BCUT2D eigenvalue weighted by atomic mass is 10.0. The van der Waals surface area contributed by atoms with E-state index in [0.717, 1.165) is 0 Å². The monoisotopic (exact) mass is 181 g/mol. The standard InChI is InChI=1S/C6H15NO5/c7-1-3(9)5(11)6(12)4(10)2-8/h3-6,8-12H,1-2,7H2/t3-,4-,5-,6+/m1/s1. The molecule has 12 heavy (non-hydrogen) atoms. The lowest BCUT2D eigenvalue weighted by Gasteiger charge is -2.24. The van der Waals surface area contributed by atoms with E-state index in [9.17, 15) is 0 Å². The molecule has 0 fully saturated rings. The Balaban J connectivity index is 3.99. The number of hydrogen-bond donors (Lipinski definition) is 6. The van der Waals surface area contributed by atoms with Gasteiger partial charge in [-0.2, -0.15) is 0 Å². The minimum atomic E-state index is -1.59. The minimum absolute atomic E-state index is 0.226. The van der Waals surface area contributed by atoms with Crippen molar-refractivity contribution in [1.82, 2.24) is 0 Å². The highest BCUT2D eigenvalue weighted by Crippen LogP contribution is 2.03. The van der Waals surface area contributed by atoms with Gasteiger partial charge in [0.15, 0.2) is 0 Å². The van der Waals surface area contributed by atoms with E-state index in [-0.39, 0.29) is 6.54 Å². The zero-order valence-corrected chi connectivity index (χ0v) is 6.54. The van der Waals surface area contributed by atoms with Crippen LogP contribution in [0.25, 0.3) is 0 Å². The van der Waals surface area contributed by atoms with Crippen LogP contribution < -0.4 is 5.73 Å². The Hall–Kier alpha value is -0.240. The lowest BCUT2D eigenvalue weighted by Crippen LogP contribution is -2.48. The molecule has 0 aromatic heterocycles. The molecule has 0 unspecified atom stereocenters. The summed E-state index contributed by atoms with van der Waals surface area (Å²) in [5.74, 6) is 0. The van der Waals surface area contributed by atoms with Gasteiger partial charge in [-0.15, -0.1) is 0 Å².